The number of anilines is 1. The van der Waals surface area contributed by atoms with Crippen LogP contribution >= 0.6 is 175 Å². The molecule has 0 bridgehead atoms. The number of carbonyl (C=O) groups is 9. The number of likely N-dealkylation sites (N-methyl/N-ethyl adjacent to an activating group) is 2. The van der Waals surface area contributed by atoms with E-state index in [1.807, 2.05) is 52.8 Å². The summed E-state index contributed by atoms with van der Waals surface area (Å²) in [5.41, 5.74) is 7.30. The number of halogens is 8. The summed E-state index contributed by atoms with van der Waals surface area (Å²) in [6.45, 7) is 16.9. The van der Waals surface area contributed by atoms with E-state index >= 15 is 0 Å². The van der Waals surface area contributed by atoms with E-state index < -0.39 is 72.3 Å². The van der Waals surface area contributed by atoms with E-state index in [2.05, 4.69) is 147 Å². The molecule has 0 saturated heterocycles. The van der Waals surface area contributed by atoms with Crippen LogP contribution in [0.3, 0.4) is 0 Å². The predicted molar refractivity (Wildman–Crippen MR) is 458 cm³/mol. The zero-order chi connectivity index (χ0) is 79.0. The summed E-state index contributed by atoms with van der Waals surface area (Å²) in [5, 5.41) is 4.42. The summed E-state index contributed by atoms with van der Waals surface area (Å²) < 4.78 is 114. The van der Waals surface area contributed by atoms with Gasteiger partial charge in [-0.1, -0.05) is 41.3 Å². The number of benzene rings is 1. The van der Waals surface area contributed by atoms with Crippen LogP contribution in [-0.2, 0) is 73.7 Å². The number of esters is 2. The topological polar surface area (TPSA) is 342 Å². The van der Waals surface area contributed by atoms with Crippen molar-refractivity contribution in [2.24, 2.45) is 13.2 Å². The Morgan fingerprint density at radius 1 is 0.528 bits per heavy atom. The molecular weight excluding hydrogens is 2000 g/mol. The number of amides is 1. The molecule has 0 radical (unpaired) electrons. The molecule has 24 nitrogen and oxygen atoms in total. The van der Waals surface area contributed by atoms with E-state index in [-0.39, 0.29) is 86.4 Å². The van der Waals surface area contributed by atoms with Crippen molar-refractivity contribution in [2.75, 3.05) is 33.6 Å². The standard InChI is InChI=1S/C16H12BrClFN3O3S2.C11H11BrN2O3S2.C10H9BrN2O3S2.C10H9BrO4S.C7H7BrOS.C5H5BrS.C4H6O3.4CH4/c1-8-5-14(26-15(8)17)12-7-13(22(2)27(24,25)21-12)16(23)20-9-3-4-11(19)10(18)6-9;1-6-4-10(18-11(6)12)8-5-9(7(2)15)14(3)19(16,17)13-8;1-5-3-9(17-10(5)11)8-4-7(6(2)14)12-18(15,16)13-8;1-5-3-8(16-9(5)11)6(12)4-7(13)10(14)15-2;1-4-3-6(5(2)9)10-7(4)8;1-4-2-3-7-5(4)6;1-3(5)4(6)7-2;;;;/h3-7H,1-2H3,(H,20,23);4-5H,1-3H3;3-4,13H,1-2H3;3H,4H2,1-2H3;3H,1-2H3;2-3H,1H3;1-2H3;4*1H4. The van der Waals surface area contributed by atoms with Gasteiger partial charge in [-0.15, -0.1) is 81.2 Å². The fourth-order valence-corrected chi connectivity index (χ4v) is 19.0. The van der Waals surface area contributed by atoms with Crippen LogP contribution < -0.4 is 10.0 Å². The third-order valence-electron chi connectivity index (χ3n) is 12.9. The van der Waals surface area contributed by atoms with Crippen LogP contribution in [0.15, 0.2) is 126 Å². The minimum atomic E-state index is -4.07. The number of hydrogen-bond acceptors (Lipinski definition) is 23. The number of nitrogens with one attached hydrogen (secondary N) is 2. The van der Waals surface area contributed by atoms with Crippen molar-refractivity contribution < 1.29 is 82.3 Å². The number of hydrogen-bond donors (Lipinski definition) is 2. The quantitative estimate of drug-likeness (QED) is 0.0469. The zero-order valence-electron chi connectivity index (χ0n) is 56.6. The number of carbonyl (C=O) groups excluding carboxylic acids is 9. The van der Waals surface area contributed by atoms with Gasteiger partial charge in [0.05, 0.1) is 95.6 Å². The molecule has 41 heteroatoms. The molecule has 0 atom stereocenters. The second-order valence-electron chi connectivity index (χ2n) is 21.0. The molecule has 0 saturated carbocycles. The minimum absolute atomic E-state index is 0. The number of nitrogens with zero attached hydrogens (tertiary/aromatic N) is 5. The van der Waals surface area contributed by atoms with Crippen molar-refractivity contribution in [3.05, 3.63) is 181 Å². The van der Waals surface area contributed by atoms with E-state index in [0.29, 0.717) is 26.0 Å². The van der Waals surface area contributed by atoms with Gasteiger partial charge in [0.15, 0.2) is 23.1 Å². The fraction of sp³-hybridized carbons (Fsp3) is 0.284. The molecule has 10 rings (SSSR count). The molecule has 6 aromatic heterocycles. The highest BCUT2D eigenvalue weighted by Gasteiger charge is 2.32. The van der Waals surface area contributed by atoms with Gasteiger partial charge < -0.3 is 14.8 Å². The lowest BCUT2D eigenvalue weighted by Crippen LogP contribution is -2.35. The van der Waals surface area contributed by atoms with Crippen molar-refractivity contribution >= 4 is 287 Å². The molecule has 9 heterocycles. The van der Waals surface area contributed by atoms with E-state index in [0.717, 1.165) is 85.2 Å². The minimum Gasteiger partial charge on any atom is -0.463 e. The Balaban J connectivity index is 0.00000128. The fourth-order valence-electron chi connectivity index (χ4n) is 7.33. The van der Waals surface area contributed by atoms with Crippen molar-refractivity contribution in [1.29, 1.82) is 0 Å². The van der Waals surface area contributed by atoms with Crippen molar-refractivity contribution in [3.8, 4) is 0 Å². The molecule has 0 unspecified atom stereocenters. The van der Waals surface area contributed by atoms with Crippen molar-refractivity contribution in [1.82, 2.24) is 13.3 Å². The lowest BCUT2D eigenvalue weighted by molar-refractivity contribution is -0.151. The Hall–Kier alpha value is -5.57. The molecule has 3 aliphatic heterocycles. The van der Waals surface area contributed by atoms with E-state index in [4.69, 9.17) is 11.6 Å². The van der Waals surface area contributed by atoms with Crippen LogP contribution in [0.4, 0.5) is 10.1 Å². The Bertz CT molecular complexity index is 4990. The monoisotopic (exact) mass is 2060 g/mol. The number of ether oxygens (including phenoxy) is 2. The van der Waals surface area contributed by atoms with Crippen LogP contribution in [0.5, 0.6) is 0 Å². The van der Waals surface area contributed by atoms with Crippen molar-refractivity contribution in [3.63, 3.8) is 0 Å². The first-order valence-corrected chi connectivity index (χ1v) is 43.0. The average molecular weight is 2070 g/mol. The van der Waals surface area contributed by atoms with Gasteiger partial charge in [0.2, 0.25) is 11.6 Å². The lowest BCUT2D eigenvalue weighted by atomic mass is 10.1. The number of allylic oxidation sites excluding steroid dienone is 4. The van der Waals surface area contributed by atoms with Crippen LogP contribution in [0.1, 0.15) is 131 Å². The van der Waals surface area contributed by atoms with E-state index in [1.54, 1.807) is 30.4 Å². The molecule has 0 aliphatic carbocycles. The molecular formula is C67H75Br6ClFN7O17S9. The second-order valence-corrected chi connectivity index (χ2v) is 40.1. The Labute approximate surface area is 707 Å². The molecule has 2 N–H and O–H groups in total. The van der Waals surface area contributed by atoms with Crippen LogP contribution in [0.25, 0.3) is 5.70 Å². The number of rotatable bonds is 13. The van der Waals surface area contributed by atoms with Gasteiger partial charge in [-0.05, 0) is 256 Å². The summed E-state index contributed by atoms with van der Waals surface area (Å²) in [4.78, 5) is 103. The SMILES string of the molecule is C.C.C.C.CC(=O)C1=CC(c2cc(C)c(Br)s2)=NS(=O)(=O)N1C.CC(=O)C1=NS(=O)(=O)NC(c2cc(C)c(Br)s2)=C1.CC(=O)c1cc(C)c(Br)s1.COC(=O)C(=O)CC(=O)c1cc(C)c(Br)s1.COC(=O)C(C)=O.Cc1cc(C2=NS(=O)(=O)N(C)C(C(=O)Nc3ccc(F)c(Cl)c3)=C2)sc1Br.Cc1ccsc1Br. The Morgan fingerprint density at radius 3 is 1.29 bits per heavy atom. The van der Waals surface area contributed by atoms with E-state index in [1.165, 1.54) is 131 Å². The van der Waals surface area contributed by atoms with Gasteiger partial charge in [-0.2, -0.15) is 25.3 Å². The maximum absolute atomic E-state index is 13.3. The molecule has 108 heavy (non-hydrogen) atoms. The highest BCUT2D eigenvalue weighted by Crippen LogP contribution is 2.35. The third-order valence-corrected chi connectivity index (χ3v) is 29.6. The molecule has 0 fully saturated rings. The summed E-state index contributed by atoms with van der Waals surface area (Å²) in [6.07, 6.45) is 3.89. The summed E-state index contributed by atoms with van der Waals surface area (Å²) in [5.74, 6) is -5.41. The van der Waals surface area contributed by atoms with Crippen LogP contribution in [-0.4, -0.2) is 132 Å². The van der Waals surface area contributed by atoms with Crippen molar-refractivity contribution in [2.45, 2.75) is 105 Å². The number of Topliss-reactive ketones (excluding diaryl/α,β-unsaturated/α-hetero) is 6. The Morgan fingerprint density at radius 2 is 0.954 bits per heavy atom. The molecule has 590 valence electrons. The number of thiophene rings is 6. The summed E-state index contributed by atoms with van der Waals surface area (Å²) in [6, 6.07) is 14.8. The van der Waals surface area contributed by atoms with Gasteiger partial charge in [0.1, 0.15) is 17.2 Å². The first kappa shape index (κ1) is 102. The summed E-state index contributed by atoms with van der Waals surface area (Å²) >= 11 is 34.4. The normalized spacial score (nSPS) is 13.6. The van der Waals surface area contributed by atoms with Crippen LogP contribution in [0, 0.1) is 47.4 Å². The van der Waals surface area contributed by atoms with Gasteiger partial charge >= 0.3 is 42.6 Å². The first-order chi connectivity index (χ1) is 48.1. The second kappa shape index (κ2) is 45.2. The largest absolute Gasteiger partial charge is 0.463 e. The summed E-state index contributed by atoms with van der Waals surface area (Å²) in [7, 11) is -6.91. The van der Waals surface area contributed by atoms with Gasteiger partial charge in [-0.25, -0.2) is 18.3 Å². The molecule has 7 aromatic rings. The smallest absolute Gasteiger partial charge is 0.374 e. The van der Waals surface area contributed by atoms with Gasteiger partial charge in [0.25, 0.3) is 5.91 Å². The van der Waals surface area contributed by atoms with E-state index in [9.17, 15) is 72.8 Å². The molecule has 1 aromatic carbocycles. The van der Waals surface area contributed by atoms with Gasteiger partial charge in [-0.3, -0.25) is 42.6 Å². The third kappa shape index (κ3) is 30.2. The molecule has 0 spiro atoms. The number of ketones is 6. The highest BCUT2D eigenvalue weighted by atomic mass is 79.9. The molecule has 3 aliphatic rings. The highest BCUT2D eigenvalue weighted by molar-refractivity contribution is 9.12. The first-order valence-electron chi connectivity index (χ1n) is 28.6. The lowest BCUT2D eigenvalue weighted by Gasteiger charge is -2.23. The average Bonchev–Trinajstić information content (AvgIpc) is 1.22. The Kier molecular flexibility index (Phi) is 42.9. The zero-order valence-corrected chi connectivity index (χ0v) is 74.2. The molecule has 1 amide bonds. The maximum atomic E-state index is 13.3. The number of aryl methyl sites for hydroxylation is 6. The van der Waals surface area contributed by atoms with Crippen LogP contribution in [0.2, 0.25) is 5.02 Å². The number of methoxy groups -OCH3 is 2. The maximum Gasteiger partial charge on any atom is 0.374 e. The van der Waals surface area contributed by atoms with Gasteiger partial charge in [0, 0.05) is 40.6 Å². The predicted octanol–water partition coefficient (Wildman–Crippen LogP) is 18.7.